The van der Waals surface area contributed by atoms with Crippen molar-refractivity contribution in [3.05, 3.63) is 24.3 Å². The molecule has 0 aliphatic carbocycles. The van der Waals surface area contributed by atoms with Gasteiger partial charge in [0, 0.05) is 12.8 Å². The number of ether oxygens (including phenoxy) is 2. The van der Waals surface area contributed by atoms with E-state index in [9.17, 15) is 24.2 Å². The van der Waals surface area contributed by atoms with Gasteiger partial charge in [-0.2, -0.15) is 0 Å². The molecule has 10 nitrogen and oxygen atoms in total. The maximum atomic E-state index is 12.6. The molecule has 0 bridgehead atoms. The lowest BCUT2D eigenvalue weighted by molar-refractivity contribution is -0.161. The zero-order valence-electron chi connectivity index (χ0n) is 35.2. The fraction of sp³-hybridized carbons (Fsp3) is 0.864. The minimum Gasteiger partial charge on any atom is -0.462 e. The Morgan fingerprint density at radius 1 is 0.545 bits per heavy atom. The van der Waals surface area contributed by atoms with Crippen molar-refractivity contribution in [1.82, 2.24) is 0 Å². The Morgan fingerprint density at radius 3 is 1.44 bits per heavy atom. The summed E-state index contributed by atoms with van der Waals surface area (Å²) in [5.41, 5.74) is 0. The highest BCUT2D eigenvalue weighted by Crippen LogP contribution is 2.43. The van der Waals surface area contributed by atoms with Crippen LogP contribution in [0.2, 0.25) is 0 Å². The number of hydrogen-bond donors (Lipinski definition) is 3. The molecular formula is C44H83O10P. The van der Waals surface area contributed by atoms with Crippen LogP contribution in [0.1, 0.15) is 206 Å². The first kappa shape index (κ1) is 53.5. The molecule has 3 atom stereocenters. The Hall–Kier alpha value is -1.55. The number of carbonyl (C=O) groups excluding carboxylic acids is 2. The van der Waals surface area contributed by atoms with Crippen molar-refractivity contribution in [1.29, 1.82) is 0 Å². The monoisotopic (exact) mass is 803 g/mol. The molecule has 0 fully saturated rings. The van der Waals surface area contributed by atoms with Gasteiger partial charge >= 0.3 is 19.8 Å². The highest BCUT2D eigenvalue weighted by atomic mass is 31.2. The summed E-state index contributed by atoms with van der Waals surface area (Å²) < 4.78 is 32.7. The number of carbonyl (C=O) groups is 2. The zero-order chi connectivity index (χ0) is 40.5. The van der Waals surface area contributed by atoms with Crippen LogP contribution in [-0.2, 0) is 32.7 Å². The Kier molecular flexibility index (Phi) is 39.5. The minimum absolute atomic E-state index is 0.171. The van der Waals surface area contributed by atoms with Crippen molar-refractivity contribution < 1.29 is 47.8 Å². The Bertz CT molecular complexity index is 972. The first-order valence-electron chi connectivity index (χ1n) is 22.3. The Morgan fingerprint density at radius 2 is 0.945 bits per heavy atom. The number of rotatable bonds is 42. The van der Waals surface area contributed by atoms with E-state index in [2.05, 4.69) is 38.2 Å². The summed E-state index contributed by atoms with van der Waals surface area (Å²) in [6.07, 6.45) is 40.0. The number of phosphoric acid groups is 1. The van der Waals surface area contributed by atoms with Gasteiger partial charge in [-0.1, -0.05) is 173 Å². The fourth-order valence-electron chi connectivity index (χ4n) is 6.14. The predicted molar refractivity (Wildman–Crippen MR) is 224 cm³/mol. The molecule has 0 saturated carbocycles. The number of unbranched alkanes of at least 4 members (excludes halogenated alkanes) is 24. The molecule has 324 valence electrons. The molecule has 0 aliphatic rings. The third-order valence-corrected chi connectivity index (χ3v) is 10.6. The third-order valence-electron chi connectivity index (χ3n) is 9.61. The lowest BCUT2D eigenvalue weighted by Gasteiger charge is -2.20. The minimum atomic E-state index is -4.62. The summed E-state index contributed by atoms with van der Waals surface area (Å²) in [4.78, 5) is 35.0. The van der Waals surface area contributed by atoms with Crippen LogP contribution in [0.25, 0.3) is 0 Å². The first-order valence-corrected chi connectivity index (χ1v) is 23.8. The van der Waals surface area contributed by atoms with E-state index in [1.54, 1.807) is 0 Å². The Labute approximate surface area is 336 Å². The van der Waals surface area contributed by atoms with Gasteiger partial charge in [-0.15, -0.1) is 0 Å². The molecular weight excluding hydrogens is 719 g/mol. The lowest BCUT2D eigenvalue weighted by Crippen LogP contribution is -2.29. The second-order valence-corrected chi connectivity index (χ2v) is 16.5. The van der Waals surface area contributed by atoms with Gasteiger partial charge in [-0.05, 0) is 44.9 Å². The fourth-order valence-corrected chi connectivity index (χ4v) is 6.93. The molecule has 0 saturated heterocycles. The average molecular weight is 803 g/mol. The van der Waals surface area contributed by atoms with Crippen molar-refractivity contribution in [2.75, 3.05) is 26.4 Å². The molecule has 0 heterocycles. The van der Waals surface area contributed by atoms with E-state index in [0.717, 1.165) is 64.2 Å². The van der Waals surface area contributed by atoms with E-state index in [-0.39, 0.29) is 19.4 Å². The van der Waals surface area contributed by atoms with Gasteiger partial charge in [0.15, 0.2) is 6.10 Å². The predicted octanol–water partition coefficient (Wildman–Crippen LogP) is 11.8. The summed E-state index contributed by atoms with van der Waals surface area (Å²) >= 11 is 0. The molecule has 0 aliphatic heterocycles. The highest BCUT2D eigenvalue weighted by Gasteiger charge is 2.27. The van der Waals surface area contributed by atoms with Crippen LogP contribution >= 0.6 is 7.82 Å². The van der Waals surface area contributed by atoms with E-state index in [1.807, 2.05) is 0 Å². The van der Waals surface area contributed by atoms with E-state index in [4.69, 9.17) is 23.6 Å². The second kappa shape index (κ2) is 40.6. The third kappa shape index (κ3) is 40.4. The van der Waals surface area contributed by atoms with Gasteiger partial charge in [0.25, 0.3) is 0 Å². The van der Waals surface area contributed by atoms with Crippen LogP contribution in [0.3, 0.4) is 0 Å². The molecule has 0 amide bonds. The molecule has 1 unspecified atom stereocenters. The SMILES string of the molecule is CCCCC/C=C\C/C=C\CCCCCCCC(=O)O[C@H](COC(=O)CCCCCCCCCCCCCCCCCCC)COP(=O)(O)OC[C@@H](O)CO. The van der Waals surface area contributed by atoms with Crippen LogP contribution in [0.5, 0.6) is 0 Å². The smallest absolute Gasteiger partial charge is 0.462 e. The van der Waals surface area contributed by atoms with Crippen LogP contribution in [0.4, 0.5) is 0 Å². The Balaban J connectivity index is 4.27. The maximum Gasteiger partial charge on any atom is 0.472 e. The van der Waals surface area contributed by atoms with Crippen LogP contribution < -0.4 is 0 Å². The summed E-state index contributed by atoms with van der Waals surface area (Å²) in [7, 11) is -4.62. The van der Waals surface area contributed by atoms with Gasteiger partial charge in [0.2, 0.25) is 0 Å². The quantitative estimate of drug-likeness (QED) is 0.0236. The van der Waals surface area contributed by atoms with E-state index in [1.165, 1.54) is 103 Å². The largest absolute Gasteiger partial charge is 0.472 e. The normalized spacial score (nSPS) is 14.1. The number of esters is 2. The summed E-state index contributed by atoms with van der Waals surface area (Å²) in [6.45, 7) is 2.36. The molecule has 0 spiro atoms. The number of hydrogen-bond acceptors (Lipinski definition) is 9. The standard InChI is InChI=1S/C44H83O10P/c1-3-5-7-9-11-13-15-17-19-20-22-23-25-27-29-31-33-35-43(47)51-39-42(40-53-55(49,50)52-38-41(46)37-45)54-44(48)36-34-32-30-28-26-24-21-18-16-14-12-10-8-6-4-2/h12,14,18,21,41-42,45-46H,3-11,13,15-17,19-20,22-40H2,1-2H3,(H,49,50)/b14-12-,21-18-/t41-,42+/m0/s1. The number of allylic oxidation sites excluding steroid dienone is 4. The number of aliphatic hydroxyl groups is 2. The summed E-state index contributed by atoms with van der Waals surface area (Å²) in [6, 6.07) is 0. The van der Waals surface area contributed by atoms with Crippen LogP contribution in [-0.4, -0.2) is 65.7 Å². The van der Waals surface area contributed by atoms with E-state index >= 15 is 0 Å². The molecule has 0 rings (SSSR count). The van der Waals surface area contributed by atoms with Gasteiger partial charge in [0.05, 0.1) is 19.8 Å². The second-order valence-electron chi connectivity index (χ2n) is 15.1. The van der Waals surface area contributed by atoms with Gasteiger partial charge in [-0.25, -0.2) is 4.57 Å². The zero-order valence-corrected chi connectivity index (χ0v) is 36.0. The molecule has 3 N–H and O–H groups in total. The van der Waals surface area contributed by atoms with Gasteiger partial charge < -0.3 is 24.6 Å². The number of phosphoric ester groups is 1. The van der Waals surface area contributed by atoms with Crippen molar-refractivity contribution in [2.45, 2.75) is 219 Å². The summed E-state index contributed by atoms with van der Waals surface area (Å²) in [5, 5.41) is 18.3. The van der Waals surface area contributed by atoms with Gasteiger partial charge in [-0.3, -0.25) is 18.6 Å². The van der Waals surface area contributed by atoms with Crippen LogP contribution in [0.15, 0.2) is 24.3 Å². The molecule has 11 heteroatoms. The van der Waals surface area contributed by atoms with Crippen LogP contribution in [0, 0.1) is 0 Å². The molecule has 0 aromatic heterocycles. The van der Waals surface area contributed by atoms with Crippen molar-refractivity contribution in [2.24, 2.45) is 0 Å². The average Bonchev–Trinajstić information content (AvgIpc) is 3.17. The molecule has 55 heavy (non-hydrogen) atoms. The van der Waals surface area contributed by atoms with Crippen molar-refractivity contribution >= 4 is 19.8 Å². The van der Waals surface area contributed by atoms with E-state index in [0.29, 0.717) is 12.8 Å². The summed E-state index contributed by atoms with van der Waals surface area (Å²) in [5.74, 6) is -0.932. The maximum absolute atomic E-state index is 12.6. The topological polar surface area (TPSA) is 149 Å². The first-order chi connectivity index (χ1) is 26.7. The molecule has 0 aromatic rings. The molecule has 0 aromatic carbocycles. The highest BCUT2D eigenvalue weighted by molar-refractivity contribution is 7.47. The lowest BCUT2D eigenvalue weighted by atomic mass is 10.0. The van der Waals surface area contributed by atoms with Crippen molar-refractivity contribution in [3.8, 4) is 0 Å². The van der Waals surface area contributed by atoms with Gasteiger partial charge in [0.1, 0.15) is 12.7 Å². The number of aliphatic hydroxyl groups excluding tert-OH is 2. The van der Waals surface area contributed by atoms with E-state index < -0.39 is 51.8 Å². The van der Waals surface area contributed by atoms with Crippen molar-refractivity contribution in [3.63, 3.8) is 0 Å². The molecule has 0 radical (unpaired) electrons.